The molecule has 1 heterocycles. The Balaban J connectivity index is 1.47. The van der Waals surface area contributed by atoms with E-state index in [1.54, 1.807) is 6.20 Å². The fraction of sp³-hybridized carbons (Fsp3) is 0.217. The summed E-state index contributed by atoms with van der Waals surface area (Å²) in [4.78, 5) is 16.1. The number of aromatic nitrogens is 2. The van der Waals surface area contributed by atoms with Gasteiger partial charge in [0.15, 0.2) is 0 Å². The van der Waals surface area contributed by atoms with E-state index < -0.39 is 17.8 Å². The lowest BCUT2D eigenvalue weighted by atomic mass is 10.1. The molecule has 5 nitrogen and oxygen atoms in total. The van der Waals surface area contributed by atoms with Crippen LogP contribution < -0.4 is 10.6 Å². The molecule has 0 aliphatic carbocycles. The summed E-state index contributed by atoms with van der Waals surface area (Å²) in [6, 6.07) is 12.2. The maximum absolute atomic E-state index is 12.7. The fourth-order valence-electron chi connectivity index (χ4n) is 2.89. The molecule has 3 aromatic rings. The van der Waals surface area contributed by atoms with Crippen molar-refractivity contribution < 1.29 is 18.0 Å². The first kappa shape index (κ1) is 22.0. The maximum atomic E-state index is 12.7. The molecule has 2 N–H and O–H groups in total. The van der Waals surface area contributed by atoms with Gasteiger partial charge in [-0.05, 0) is 36.2 Å². The van der Waals surface area contributed by atoms with E-state index in [0.29, 0.717) is 13.1 Å². The van der Waals surface area contributed by atoms with Crippen LogP contribution in [0.1, 0.15) is 28.1 Å². The van der Waals surface area contributed by atoms with Gasteiger partial charge in [-0.15, -0.1) is 0 Å². The van der Waals surface area contributed by atoms with Crippen LogP contribution in [-0.4, -0.2) is 22.1 Å². The summed E-state index contributed by atoms with van der Waals surface area (Å²) in [5, 5.41) is 5.31. The predicted molar refractivity (Wildman–Crippen MR) is 111 cm³/mol. The van der Waals surface area contributed by atoms with Crippen molar-refractivity contribution in [1.29, 1.82) is 0 Å². The number of hydrogen-bond donors (Lipinski definition) is 2. The minimum atomic E-state index is -4.41. The molecule has 0 radical (unpaired) electrons. The van der Waals surface area contributed by atoms with Crippen LogP contribution in [0.2, 0.25) is 0 Å². The number of alkyl halides is 3. The zero-order valence-corrected chi connectivity index (χ0v) is 16.8. The Kier molecular flexibility index (Phi) is 6.98. The summed E-state index contributed by atoms with van der Waals surface area (Å²) in [6.45, 7) is 2.98. The van der Waals surface area contributed by atoms with Crippen molar-refractivity contribution in [2.75, 3.05) is 6.54 Å². The molecule has 0 spiro atoms. The Morgan fingerprint density at radius 3 is 2.61 bits per heavy atom. The third kappa shape index (κ3) is 6.64. The van der Waals surface area contributed by atoms with E-state index in [1.807, 2.05) is 42.0 Å². The van der Waals surface area contributed by atoms with Gasteiger partial charge >= 0.3 is 12.2 Å². The molecule has 0 unspecified atom stereocenters. The van der Waals surface area contributed by atoms with E-state index in [-0.39, 0.29) is 12.1 Å². The minimum Gasteiger partial charge on any atom is -0.334 e. The molecule has 0 bridgehead atoms. The Hall–Kier alpha value is -3.73. The van der Waals surface area contributed by atoms with Gasteiger partial charge in [-0.25, -0.2) is 9.78 Å². The smallest absolute Gasteiger partial charge is 0.334 e. The number of imidazole rings is 1. The van der Waals surface area contributed by atoms with Crippen molar-refractivity contribution in [2.45, 2.75) is 26.2 Å². The van der Waals surface area contributed by atoms with Gasteiger partial charge in [-0.2, -0.15) is 13.2 Å². The SMILES string of the molecule is Cc1nccn1Cc1cccc(CNC(=O)NCC#Cc2cccc(C(F)(F)F)c2)c1. The second-order valence-corrected chi connectivity index (χ2v) is 6.84. The number of rotatable bonds is 5. The summed E-state index contributed by atoms with van der Waals surface area (Å²) in [6.07, 6.45) is -0.750. The largest absolute Gasteiger partial charge is 0.416 e. The molecule has 0 aliphatic heterocycles. The van der Waals surface area contributed by atoms with Crippen molar-refractivity contribution in [1.82, 2.24) is 20.2 Å². The summed E-state index contributed by atoms with van der Waals surface area (Å²) in [7, 11) is 0. The number of urea groups is 1. The second kappa shape index (κ2) is 9.85. The van der Waals surface area contributed by atoms with Gasteiger partial charge in [-0.1, -0.05) is 42.2 Å². The number of nitrogens with zero attached hydrogens (tertiary/aromatic N) is 2. The van der Waals surface area contributed by atoms with Crippen LogP contribution >= 0.6 is 0 Å². The summed E-state index contributed by atoms with van der Waals surface area (Å²) >= 11 is 0. The number of amides is 2. The number of aryl methyl sites for hydroxylation is 1. The Bertz CT molecular complexity index is 1110. The number of benzene rings is 2. The van der Waals surface area contributed by atoms with Crippen molar-refractivity contribution in [3.05, 3.63) is 89.0 Å². The van der Waals surface area contributed by atoms with E-state index in [9.17, 15) is 18.0 Å². The van der Waals surface area contributed by atoms with Crippen molar-refractivity contribution in [2.24, 2.45) is 0 Å². The first-order valence-electron chi connectivity index (χ1n) is 9.54. The molecule has 0 fully saturated rings. The zero-order chi connectivity index (χ0) is 22.3. The first-order chi connectivity index (χ1) is 14.8. The van der Waals surface area contributed by atoms with Gasteiger partial charge in [-0.3, -0.25) is 0 Å². The van der Waals surface area contributed by atoms with E-state index in [4.69, 9.17) is 0 Å². The van der Waals surface area contributed by atoms with Crippen LogP contribution in [-0.2, 0) is 19.3 Å². The lowest BCUT2D eigenvalue weighted by Gasteiger charge is -2.09. The quantitative estimate of drug-likeness (QED) is 0.604. The molecule has 8 heteroatoms. The molecule has 0 saturated carbocycles. The Morgan fingerprint density at radius 2 is 1.87 bits per heavy atom. The van der Waals surface area contributed by atoms with Gasteiger partial charge in [0, 0.05) is 31.0 Å². The Labute approximate surface area is 178 Å². The standard InChI is InChI=1S/C23H21F3N4O/c1-17-27-11-12-30(17)16-20-7-2-6-19(13-20)15-29-22(31)28-10-4-8-18-5-3-9-21(14-18)23(24,25)26/h2-3,5-7,9,11-14H,10,15-16H2,1H3,(H2,28,29,31). The number of nitrogens with one attached hydrogen (secondary N) is 2. The monoisotopic (exact) mass is 426 g/mol. The zero-order valence-electron chi connectivity index (χ0n) is 16.8. The minimum absolute atomic E-state index is 0.0159. The van der Waals surface area contributed by atoms with E-state index in [2.05, 4.69) is 27.5 Å². The highest BCUT2D eigenvalue weighted by Gasteiger charge is 2.30. The molecule has 0 saturated heterocycles. The van der Waals surface area contributed by atoms with Gasteiger partial charge in [0.05, 0.1) is 12.1 Å². The van der Waals surface area contributed by atoms with Gasteiger partial charge in [0.1, 0.15) is 5.82 Å². The highest BCUT2D eigenvalue weighted by atomic mass is 19.4. The van der Waals surface area contributed by atoms with Crippen LogP contribution in [0.4, 0.5) is 18.0 Å². The molecule has 0 atom stereocenters. The lowest BCUT2D eigenvalue weighted by molar-refractivity contribution is -0.137. The van der Waals surface area contributed by atoms with Crippen molar-refractivity contribution in [3.63, 3.8) is 0 Å². The van der Waals surface area contributed by atoms with Crippen molar-refractivity contribution >= 4 is 6.03 Å². The highest BCUT2D eigenvalue weighted by molar-refractivity contribution is 5.74. The third-order valence-corrected chi connectivity index (χ3v) is 4.48. The summed E-state index contributed by atoms with van der Waals surface area (Å²) in [5.41, 5.74) is 1.52. The van der Waals surface area contributed by atoms with Gasteiger partial charge < -0.3 is 15.2 Å². The van der Waals surface area contributed by atoms with E-state index in [0.717, 1.165) is 29.1 Å². The van der Waals surface area contributed by atoms with Crippen LogP contribution in [0.25, 0.3) is 0 Å². The third-order valence-electron chi connectivity index (χ3n) is 4.48. The van der Waals surface area contributed by atoms with Crippen molar-refractivity contribution in [3.8, 4) is 11.8 Å². The van der Waals surface area contributed by atoms with Crippen LogP contribution in [0.15, 0.2) is 60.9 Å². The fourth-order valence-corrected chi connectivity index (χ4v) is 2.89. The van der Waals surface area contributed by atoms with E-state index >= 15 is 0 Å². The Morgan fingerprint density at radius 1 is 1.10 bits per heavy atom. The van der Waals surface area contributed by atoms with Crippen LogP contribution in [0.3, 0.4) is 0 Å². The first-order valence-corrected chi connectivity index (χ1v) is 9.54. The van der Waals surface area contributed by atoms with Gasteiger partial charge in [0.25, 0.3) is 0 Å². The number of carbonyl (C=O) groups is 1. The molecule has 3 rings (SSSR count). The molecule has 0 aliphatic rings. The highest BCUT2D eigenvalue weighted by Crippen LogP contribution is 2.29. The molecular weight excluding hydrogens is 405 g/mol. The van der Waals surface area contributed by atoms with Gasteiger partial charge in [0.2, 0.25) is 0 Å². The molecule has 160 valence electrons. The molecule has 2 amide bonds. The number of hydrogen-bond acceptors (Lipinski definition) is 2. The van der Waals surface area contributed by atoms with Crippen LogP contribution in [0, 0.1) is 18.8 Å². The summed E-state index contributed by atoms with van der Waals surface area (Å²) < 4.78 is 40.1. The number of halogens is 3. The second-order valence-electron chi connectivity index (χ2n) is 6.84. The normalized spacial score (nSPS) is 10.8. The lowest BCUT2D eigenvalue weighted by Crippen LogP contribution is -2.35. The molecule has 1 aromatic heterocycles. The topological polar surface area (TPSA) is 59.0 Å². The average molecular weight is 426 g/mol. The predicted octanol–water partition coefficient (Wildman–Crippen LogP) is 4.11. The molecule has 31 heavy (non-hydrogen) atoms. The molecule has 2 aromatic carbocycles. The molecular formula is C23H21F3N4O. The van der Waals surface area contributed by atoms with E-state index in [1.165, 1.54) is 12.1 Å². The summed E-state index contributed by atoms with van der Waals surface area (Å²) in [5.74, 6) is 6.20. The average Bonchev–Trinajstić information content (AvgIpc) is 3.14. The van der Waals surface area contributed by atoms with Crippen LogP contribution in [0.5, 0.6) is 0 Å². The number of carbonyl (C=O) groups excluding carboxylic acids is 1. The maximum Gasteiger partial charge on any atom is 0.416 e.